The molecular weight excluding hydrogens is 360 g/mol. The predicted molar refractivity (Wildman–Crippen MR) is 97.5 cm³/mol. The van der Waals surface area contributed by atoms with Crippen molar-refractivity contribution in [1.82, 2.24) is 0 Å². The Morgan fingerprint density at radius 1 is 1.19 bits per heavy atom. The molecule has 0 aliphatic rings. The third kappa shape index (κ3) is 4.58. The van der Waals surface area contributed by atoms with Crippen LogP contribution in [0.25, 0.3) is 0 Å². The number of anilines is 1. The van der Waals surface area contributed by atoms with Crippen molar-refractivity contribution in [3.8, 4) is 0 Å². The summed E-state index contributed by atoms with van der Waals surface area (Å²) < 4.78 is 5.20. The van der Waals surface area contributed by atoms with Gasteiger partial charge in [0.05, 0.1) is 21.2 Å². The fourth-order valence-electron chi connectivity index (χ4n) is 2.19. The van der Waals surface area contributed by atoms with Gasteiger partial charge in [-0.2, -0.15) is 0 Å². The van der Waals surface area contributed by atoms with Crippen molar-refractivity contribution in [2.75, 3.05) is 5.32 Å². The number of rotatable bonds is 5. The first-order valence-corrected chi connectivity index (χ1v) is 8.10. The Labute approximate surface area is 155 Å². The molecule has 1 amide bonds. The second-order valence-electron chi connectivity index (χ2n) is 5.78. The molecule has 0 bridgehead atoms. The lowest BCUT2D eigenvalue weighted by Gasteiger charge is -2.15. The van der Waals surface area contributed by atoms with Crippen molar-refractivity contribution in [2.24, 2.45) is 0 Å². The molecule has 2 aromatic rings. The van der Waals surface area contributed by atoms with Crippen LogP contribution in [-0.4, -0.2) is 22.9 Å². The summed E-state index contributed by atoms with van der Waals surface area (Å²) in [5.41, 5.74) is 1.85. The lowest BCUT2D eigenvalue weighted by atomic mass is 10.1. The maximum atomic E-state index is 12.3. The van der Waals surface area contributed by atoms with Crippen molar-refractivity contribution in [3.05, 3.63) is 68.2 Å². The minimum absolute atomic E-state index is 0.0699. The van der Waals surface area contributed by atoms with Crippen molar-refractivity contribution in [1.29, 1.82) is 0 Å². The zero-order valence-corrected chi connectivity index (χ0v) is 15.2. The van der Waals surface area contributed by atoms with Crippen molar-refractivity contribution in [3.63, 3.8) is 0 Å². The average Bonchev–Trinajstić information content (AvgIpc) is 2.58. The predicted octanol–water partition coefficient (Wildman–Crippen LogP) is 4.05. The number of benzene rings is 2. The minimum atomic E-state index is -1.11. The molecule has 0 saturated carbocycles. The molecule has 0 aliphatic carbocycles. The highest BCUT2D eigenvalue weighted by molar-refractivity contribution is 6.33. The summed E-state index contributed by atoms with van der Waals surface area (Å²) in [6.45, 7) is 5.02. The number of non-ortho nitro benzene ring substituents is 1. The number of ether oxygens (including phenoxy) is 1. The van der Waals surface area contributed by atoms with Crippen LogP contribution in [0.5, 0.6) is 0 Å². The van der Waals surface area contributed by atoms with Crippen LogP contribution in [0, 0.1) is 24.0 Å². The number of carbonyl (C=O) groups is 2. The van der Waals surface area contributed by atoms with Crippen molar-refractivity contribution < 1.29 is 19.2 Å². The first kappa shape index (κ1) is 19.4. The van der Waals surface area contributed by atoms with E-state index in [0.29, 0.717) is 5.56 Å². The minimum Gasteiger partial charge on any atom is -0.449 e. The summed E-state index contributed by atoms with van der Waals surface area (Å²) in [5.74, 6) is -1.27. The Morgan fingerprint density at radius 2 is 1.88 bits per heavy atom. The number of carbonyl (C=O) groups excluding carboxylic acids is 2. The van der Waals surface area contributed by atoms with Gasteiger partial charge in [0.25, 0.3) is 11.6 Å². The summed E-state index contributed by atoms with van der Waals surface area (Å²) >= 11 is 5.94. The summed E-state index contributed by atoms with van der Waals surface area (Å²) in [7, 11) is 0. The van der Waals surface area contributed by atoms with Gasteiger partial charge < -0.3 is 10.1 Å². The van der Waals surface area contributed by atoms with Gasteiger partial charge >= 0.3 is 5.97 Å². The van der Waals surface area contributed by atoms with E-state index in [9.17, 15) is 19.7 Å². The summed E-state index contributed by atoms with van der Waals surface area (Å²) in [4.78, 5) is 34.8. The molecular formula is C18H17ClN2O5. The van der Waals surface area contributed by atoms with E-state index in [1.165, 1.54) is 19.1 Å². The van der Waals surface area contributed by atoms with Crippen molar-refractivity contribution >= 4 is 34.9 Å². The lowest BCUT2D eigenvalue weighted by molar-refractivity contribution is -0.384. The number of amides is 1. The standard InChI is InChI=1S/C18H17ClN2O5/c1-10-4-5-11(2)14(8-10)18(23)26-12(3)17(22)20-16-9-13(21(24)25)6-7-15(16)19/h4-9,12H,1-3H3,(H,20,22). The largest absolute Gasteiger partial charge is 0.449 e. The van der Waals surface area contributed by atoms with E-state index in [1.54, 1.807) is 19.1 Å². The van der Waals surface area contributed by atoms with Crippen LogP contribution in [0.15, 0.2) is 36.4 Å². The number of nitro groups is 1. The molecule has 0 saturated heterocycles. The number of halogens is 1. The van der Waals surface area contributed by atoms with E-state index >= 15 is 0 Å². The normalized spacial score (nSPS) is 11.5. The van der Waals surface area contributed by atoms with E-state index < -0.39 is 22.9 Å². The van der Waals surface area contributed by atoms with Crippen LogP contribution in [0.1, 0.15) is 28.4 Å². The first-order valence-electron chi connectivity index (χ1n) is 7.72. The summed E-state index contributed by atoms with van der Waals surface area (Å²) in [6, 6.07) is 9.01. The van der Waals surface area contributed by atoms with Gasteiger partial charge in [0.1, 0.15) is 0 Å². The Kier molecular flexibility index (Phi) is 5.94. The number of aryl methyl sites for hydroxylation is 2. The summed E-state index contributed by atoms with van der Waals surface area (Å²) in [6.07, 6.45) is -1.11. The molecule has 0 aromatic heterocycles. The zero-order chi connectivity index (χ0) is 19.4. The quantitative estimate of drug-likeness (QED) is 0.482. The van der Waals surface area contributed by atoms with E-state index in [-0.39, 0.29) is 16.4 Å². The second-order valence-corrected chi connectivity index (χ2v) is 6.18. The Morgan fingerprint density at radius 3 is 2.54 bits per heavy atom. The van der Waals surface area contributed by atoms with Crippen LogP contribution in [0.4, 0.5) is 11.4 Å². The maximum absolute atomic E-state index is 12.3. The van der Waals surface area contributed by atoms with Crippen LogP contribution < -0.4 is 5.32 Å². The molecule has 1 N–H and O–H groups in total. The number of nitro benzene ring substituents is 1. The maximum Gasteiger partial charge on any atom is 0.339 e. The molecule has 0 radical (unpaired) electrons. The highest BCUT2D eigenvalue weighted by atomic mass is 35.5. The SMILES string of the molecule is Cc1ccc(C)c(C(=O)OC(C)C(=O)Nc2cc([N+](=O)[O-])ccc2Cl)c1. The third-order valence-electron chi connectivity index (χ3n) is 3.68. The smallest absolute Gasteiger partial charge is 0.339 e. The van der Waals surface area contributed by atoms with E-state index in [2.05, 4.69) is 5.32 Å². The molecule has 1 unspecified atom stereocenters. The topological polar surface area (TPSA) is 98.5 Å². The van der Waals surface area contributed by atoms with Crippen LogP contribution >= 0.6 is 11.6 Å². The van der Waals surface area contributed by atoms with Gasteiger partial charge in [0, 0.05) is 12.1 Å². The Balaban J connectivity index is 2.10. The first-order chi connectivity index (χ1) is 12.2. The van der Waals surface area contributed by atoms with Crippen LogP contribution in [-0.2, 0) is 9.53 Å². The van der Waals surface area contributed by atoms with Crippen LogP contribution in [0.2, 0.25) is 5.02 Å². The zero-order valence-electron chi connectivity index (χ0n) is 14.4. The highest BCUT2D eigenvalue weighted by Crippen LogP contribution is 2.27. The van der Waals surface area contributed by atoms with Crippen molar-refractivity contribution in [2.45, 2.75) is 26.9 Å². The number of nitrogens with zero attached hydrogens (tertiary/aromatic N) is 1. The van der Waals surface area contributed by atoms with Gasteiger partial charge in [-0.25, -0.2) is 4.79 Å². The van der Waals surface area contributed by atoms with Gasteiger partial charge in [0.15, 0.2) is 6.10 Å². The van der Waals surface area contributed by atoms with Gasteiger partial charge in [-0.1, -0.05) is 29.3 Å². The van der Waals surface area contributed by atoms with E-state index in [4.69, 9.17) is 16.3 Å². The van der Waals surface area contributed by atoms with E-state index in [1.807, 2.05) is 13.0 Å². The average molecular weight is 377 g/mol. The van der Waals surface area contributed by atoms with Gasteiger partial charge in [-0.15, -0.1) is 0 Å². The van der Waals surface area contributed by atoms with Gasteiger partial charge in [-0.05, 0) is 38.5 Å². The molecule has 26 heavy (non-hydrogen) atoms. The fourth-order valence-corrected chi connectivity index (χ4v) is 2.36. The molecule has 136 valence electrons. The number of hydrogen-bond donors (Lipinski definition) is 1. The molecule has 7 nitrogen and oxygen atoms in total. The third-order valence-corrected chi connectivity index (χ3v) is 4.01. The molecule has 2 rings (SSSR count). The number of hydrogen-bond acceptors (Lipinski definition) is 5. The fraction of sp³-hybridized carbons (Fsp3) is 0.222. The Bertz CT molecular complexity index is 882. The van der Waals surface area contributed by atoms with Gasteiger partial charge in [-0.3, -0.25) is 14.9 Å². The number of esters is 1. The highest BCUT2D eigenvalue weighted by Gasteiger charge is 2.21. The van der Waals surface area contributed by atoms with E-state index in [0.717, 1.165) is 17.2 Å². The number of nitrogens with one attached hydrogen (secondary N) is 1. The monoisotopic (exact) mass is 376 g/mol. The second kappa shape index (κ2) is 7.97. The molecule has 0 heterocycles. The summed E-state index contributed by atoms with van der Waals surface area (Å²) in [5, 5.41) is 13.4. The molecule has 0 aliphatic heterocycles. The van der Waals surface area contributed by atoms with Gasteiger partial charge in [0.2, 0.25) is 0 Å². The Hall–Kier alpha value is -2.93. The molecule has 0 fully saturated rings. The molecule has 1 atom stereocenters. The molecule has 8 heteroatoms. The van der Waals surface area contributed by atoms with Crippen LogP contribution in [0.3, 0.4) is 0 Å². The molecule has 0 spiro atoms. The lowest BCUT2D eigenvalue weighted by Crippen LogP contribution is -2.30. The molecule has 2 aromatic carbocycles.